The maximum Gasteiger partial charge on any atom is 0.306 e. The van der Waals surface area contributed by atoms with Crippen molar-refractivity contribution in [3.05, 3.63) is 0 Å². The van der Waals surface area contributed by atoms with Crippen molar-refractivity contribution in [2.24, 2.45) is 0 Å². The molecule has 0 aromatic carbocycles. The number of carbonyl (C=O) groups excluding carboxylic acids is 2. The number of carbonyl (C=O) groups is 2. The highest BCUT2D eigenvalue weighted by Crippen LogP contribution is 1.98. The van der Waals surface area contributed by atoms with Crippen LogP contribution in [0.4, 0.5) is 0 Å². The Bertz CT molecular complexity index is 461. The third-order valence-electron chi connectivity index (χ3n) is 3.14. The summed E-state index contributed by atoms with van der Waals surface area (Å²) < 4.78 is 31.5. The molecule has 0 unspecified atom stereocenters. The van der Waals surface area contributed by atoms with Crippen molar-refractivity contribution < 1.29 is 22.7 Å². The molecular weight excluding hydrogens is 300 g/mol. The van der Waals surface area contributed by atoms with Gasteiger partial charge in [0.05, 0.1) is 20.1 Å². The van der Waals surface area contributed by atoms with Crippen LogP contribution in [0, 0.1) is 0 Å². The van der Waals surface area contributed by atoms with Gasteiger partial charge in [-0.05, 0) is 0 Å². The first-order valence-corrected chi connectivity index (χ1v) is 8.07. The van der Waals surface area contributed by atoms with E-state index in [1.807, 2.05) is 0 Å². The van der Waals surface area contributed by atoms with Crippen LogP contribution < -0.4 is 10.0 Å². The Morgan fingerprint density at radius 3 is 2.52 bits per heavy atom. The van der Waals surface area contributed by atoms with Gasteiger partial charge in [0, 0.05) is 39.8 Å². The minimum Gasteiger partial charge on any atom is -0.469 e. The van der Waals surface area contributed by atoms with Gasteiger partial charge in [-0.15, -0.1) is 0 Å². The van der Waals surface area contributed by atoms with Crippen molar-refractivity contribution in [1.29, 1.82) is 0 Å². The van der Waals surface area contributed by atoms with Gasteiger partial charge in [0.25, 0.3) is 10.2 Å². The van der Waals surface area contributed by atoms with E-state index in [-0.39, 0.29) is 25.4 Å². The third kappa shape index (κ3) is 5.96. The number of ether oxygens (including phenoxy) is 1. The van der Waals surface area contributed by atoms with E-state index in [1.54, 1.807) is 4.90 Å². The molecule has 0 saturated carbocycles. The summed E-state index contributed by atoms with van der Waals surface area (Å²) in [6, 6.07) is 0. The van der Waals surface area contributed by atoms with Crippen molar-refractivity contribution in [2.75, 3.05) is 53.4 Å². The van der Waals surface area contributed by atoms with Crippen LogP contribution in [0.1, 0.15) is 6.42 Å². The molecule has 0 aromatic heterocycles. The molecule has 10 heteroatoms. The van der Waals surface area contributed by atoms with Crippen molar-refractivity contribution in [1.82, 2.24) is 19.2 Å². The van der Waals surface area contributed by atoms with E-state index >= 15 is 0 Å². The fourth-order valence-corrected chi connectivity index (χ4v) is 2.62. The molecule has 1 saturated heterocycles. The number of esters is 1. The minimum absolute atomic E-state index is 0.0101. The first-order valence-electron chi connectivity index (χ1n) is 6.63. The largest absolute Gasteiger partial charge is 0.469 e. The molecule has 9 nitrogen and oxygen atoms in total. The number of piperazine rings is 1. The van der Waals surface area contributed by atoms with E-state index in [1.165, 1.54) is 14.2 Å². The van der Waals surface area contributed by atoms with Gasteiger partial charge in [-0.25, -0.2) is 0 Å². The van der Waals surface area contributed by atoms with E-state index in [9.17, 15) is 18.0 Å². The molecule has 1 heterocycles. The number of rotatable bonds is 7. The van der Waals surface area contributed by atoms with Gasteiger partial charge in [-0.3, -0.25) is 9.59 Å². The fraction of sp³-hybridized carbons (Fsp3) is 0.818. The summed E-state index contributed by atoms with van der Waals surface area (Å²) in [6.07, 6.45) is -0.0420. The molecule has 0 aromatic rings. The van der Waals surface area contributed by atoms with Crippen LogP contribution in [0.5, 0.6) is 0 Å². The molecule has 1 aliphatic heterocycles. The standard InChI is InChI=1S/C11H22N4O5S/c1-14(6-3-11(17)20-2)21(18,19)13-9-10(16)15-7-4-12-5-8-15/h12-13H,3-9H2,1-2H3. The van der Waals surface area contributed by atoms with Crippen molar-refractivity contribution >= 4 is 22.1 Å². The van der Waals surface area contributed by atoms with Gasteiger partial charge < -0.3 is 15.0 Å². The van der Waals surface area contributed by atoms with Gasteiger partial charge in [0.1, 0.15) is 0 Å². The van der Waals surface area contributed by atoms with Gasteiger partial charge in [0.2, 0.25) is 5.91 Å². The van der Waals surface area contributed by atoms with Crippen molar-refractivity contribution in [3.8, 4) is 0 Å². The molecule has 2 N–H and O–H groups in total. The lowest BCUT2D eigenvalue weighted by Crippen LogP contribution is -2.50. The van der Waals surface area contributed by atoms with E-state index in [0.717, 1.165) is 4.31 Å². The van der Waals surface area contributed by atoms with Gasteiger partial charge in [-0.1, -0.05) is 0 Å². The average Bonchev–Trinajstić information content (AvgIpc) is 2.50. The number of nitrogens with one attached hydrogen (secondary N) is 2. The molecule has 0 radical (unpaired) electrons. The topological polar surface area (TPSA) is 108 Å². The second-order valence-corrected chi connectivity index (χ2v) is 6.47. The zero-order chi connectivity index (χ0) is 15.9. The first-order chi connectivity index (χ1) is 9.86. The Kier molecular flexibility index (Phi) is 7.02. The van der Waals surface area contributed by atoms with Gasteiger partial charge in [0.15, 0.2) is 0 Å². The highest BCUT2D eigenvalue weighted by atomic mass is 32.2. The number of nitrogens with zero attached hydrogens (tertiary/aromatic N) is 2. The summed E-state index contributed by atoms with van der Waals surface area (Å²) in [5.41, 5.74) is 0. The maximum atomic E-state index is 11.9. The summed E-state index contributed by atoms with van der Waals surface area (Å²) in [4.78, 5) is 24.4. The van der Waals surface area contributed by atoms with Gasteiger partial charge in [-0.2, -0.15) is 17.4 Å². The zero-order valence-corrected chi connectivity index (χ0v) is 13.1. The first kappa shape index (κ1) is 17.8. The Balaban J connectivity index is 2.40. The molecule has 0 spiro atoms. The van der Waals surface area contributed by atoms with E-state index in [4.69, 9.17) is 0 Å². The fourth-order valence-electron chi connectivity index (χ4n) is 1.76. The second-order valence-electron chi connectivity index (χ2n) is 4.60. The van der Waals surface area contributed by atoms with Gasteiger partial charge >= 0.3 is 5.97 Å². The van der Waals surface area contributed by atoms with Crippen LogP contribution in [-0.4, -0.2) is 82.9 Å². The third-order valence-corrected chi connectivity index (χ3v) is 4.66. The minimum atomic E-state index is -3.79. The van der Waals surface area contributed by atoms with Crippen molar-refractivity contribution in [3.63, 3.8) is 0 Å². The lowest BCUT2D eigenvalue weighted by Gasteiger charge is -2.27. The molecule has 1 rings (SSSR count). The van der Waals surface area contributed by atoms with Crippen LogP contribution in [0.2, 0.25) is 0 Å². The number of methoxy groups -OCH3 is 1. The predicted octanol–water partition coefficient (Wildman–Crippen LogP) is -2.25. The summed E-state index contributed by atoms with van der Waals surface area (Å²) in [5, 5.41) is 3.11. The van der Waals surface area contributed by atoms with Crippen LogP contribution >= 0.6 is 0 Å². The summed E-state index contributed by atoms with van der Waals surface area (Å²) >= 11 is 0. The predicted molar refractivity (Wildman–Crippen MR) is 75.6 cm³/mol. The monoisotopic (exact) mass is 322 g/mol. The number of hydrogen-bond donors (Lipinski definition) is 2. The summed E-state index contributed by atoms with van der Waals surface area (Å²) in [7, 11) is -1.21. The summed E-state index contributed by atoms with van der Waals surface area (Å²) in [6.45, 7) is 2.25. The molecular formula is C11H22N4O5S. The second kappa shape index (κ2) is 8.27. The molecule has 21 heavy (non-hydrogen) atoms. The zero-order valence-electron chi connectivity index (χ0n) is 12.3. The highest BCUT2D eigenvalue weighted by molar-refractivity contribution is 7.87. The molecule has 1 fully saturated rings. The molecule has 1 amide bonds. The average molecular weight is 322 g/mol. The molecule has 0 atom stereocenters. The highest BCUT2D eigenvalue weighted by Gasteiger charge is 2.22. The van der Waals surface area contributed by atoms with E-state index < -0.39 is 16.2 Å². The molecule has 0 aliphatic carbocycles. The van der Waals surface area contributed by atoms with Crippen LogP contribution in [0.15, 0.2) is 0 Å². The van der Waals surface area contributed by atoms with Crippen LogP contribution in [0.25, 0.3) is 0 Å². The number of amides is 1. The molecule has 0 bridgehead atoms. The SMILES string of the molecule is COC(=O)CCN(C)S(=O)(=O)NCC(=O)N1CCNCC1. The van der Waals surface area contributed by atoms with Crippen LogP contribution in [-0.2, 0) is 24.5 Å². The van der Waals surface area contributed by atoms with Crippen LogP contribution in [0.3, 0.4) is 0 Å². The van der Waals surface area contributed by atoms with E-state index in [0.29, 0.717) is 26.2 Å². The molecule has 122 valence electrons. The Labute approximate surface area is 124 Å². The lowest BCUT2D eigenvalue weighted by atomic mass is 10.3. The quantitative estimate of drug-likeness (QED) is 0.513. The smallest absolute Gasteiger partial charge is 0.306 e. The normalized spacial score (nSPS) is 16.0. The molecule has 1 aliphatic rings. The maximum absolute atomic E-state index is 11.9. The Morgan fingerprint density at radius 1 is 1.33 bits per heavy atom. The summed E-state index contributed by atoms with van der Waals surface area (Å²) in [5.74, 6) is -0.754. The van der Waals surface area contributed by atoms with E-state index in [2.05, 4.69) is 14.8 Å². The lowest BCUT2D eigenvalue weighted by molar-refractivity contribution is -0.140. The number of hydrogen-bond acceptors (Lipinski definition) is 6. The van der Waals surface area contributed by atoms with Crippen molar-refractivity contribution in [2.45, 2.75) is 6.42 Å². The Hall–Kier alpha value is -1.23. The Morgan fingerprint density at radius 2 is 1.95 bits per heavy atom.